The van der Waals surface area contributed by atoms with Crippen molar-refractivity contribution < 1.29 is 19.2 Å². The van der Waals surface area contributed by atoms with Crippen LogP contribution in [0.25, 0.3) is 0 Å². The normalized spacial score (nSPS) is 29.1. The highest BCUT2D eigenvalue weighted by Crippen LogP contribution is 2.52. The van der Waals surface area contributed by atoms with Crippen molar-refractivity contribution in [1.29, 1.82) is 0 Å². The van der Waals surface area contributed by atoms with E-state index in [0.29, 0.717) is 10.0 Å². The average molecular weight is 420 g/mol. The van der Waals surface area contributed by atoms with Gasteiger partial charge in [-0.25, -0.2) is 0 Å². The van der Waals surface area contributed by atoms with Crippen LogP contribution in [0.15, 0.2) is 33.9 Å². The van der Waals surface area contributed by atoms with E-state index in [1.54, 1.807) is 6.07 Å². The van der Waals surface area contributed by atoms with E-state index in [1.165, 1.54) is 19.4 Å². The van der Waals surface area contributed by atoms with Crippen LogP contribution in [0.4, 0.5) is 5.69 Å². The maximum absolute atomic E-state index is 12.6. The number of amides is 2. The standard InChI is InChI=1S/C17H14BrN3O5/c1-26-15-11(18)4-8(5-12(15)21(24)25)7-19-20-16(22)13-9-2-3-10(6-9)14(13)17(20)23/h2-5,7,9-10,13-14H,6H2,1H3/t9-,10-,13-,14+/m0/s1. The fourth-order valence-electron chi connectivity index (χ4n) is 4.14. The third-order valence-electron chi connectivity index (χ3n) is 5.22. The number of imide groups is 1. The van der Waals surface area contributed by atoms with Crippen molar-refractivity contribution in [1.82, 2.24) is 5.01 Å². The van der Waals surface area contributed by atoms with Crippen molar-refractivity contribution in [2.45, 2.75) is 6.42 Å². The van der Waals surface area contributed by atoms with Gasteiger partial charge in [0.1, 0.15) is 0 Å². The highest BCUT2D eigenvalue weighted by Gasteiger charge is 2.59. The number of hydrogen-bond donors (Lipinski definition) is 0. The van der Waals surface area contributed by atoms with Gasteiger partial charge in [0.15, 0.2) is 0 Å². The molecule has 0 radical (unpaired) electrons. The van der Waals surface area contributed by atoms with Crippen LogP contribution in [0.3, 0.4) is 0 Å². The van der Waals surface area contributed by atoms with E-state index in [1.807, 2.05) is 12.2 Å². The molecule has 0 spiro atoms. The van der Waals surface area contributed by atoms with Crippen molar-refractivity contribution in [2.75, 3.05) is 7.11 Å². The summed E-state index contributed by atoms with van der Waals surface area (Å²) in [6.45, 7) is 0. The molecule has 0 N–H and O–H groups in total. The molecule has 0 unspecified atom stereocenters. The first-order valence-electron chi connectivity index (χ1n) is 8.04. The van der Waals surface area contributed by atoms with Crippen LogP contribution in [0.2, 0.25) is 0 Å². The lowest BCUT2D eigenvalue weighted by molar-refractivity contribution is -0.385. The maximum atomic E-state index is 12.6. The van der Waals surface area contributed by atoms with Crippen LogP contribution < -0.4 is 4.74 Å². The number of fused-ring (bicyclic) bond motifs is 5. The number of allylic oxidation sites excluding steroid dienone is 2. The number of methoxy groups -OCH3 is 1. The van der Waals surface area contributed by atoms with Gasteiger partial charge in [-0.2, -0.15) is 10.1 Å². The number of benzene rings is 1. The molecule has 8 nitrogen and oxygen atoms in total. The summed E-state index contributed by atoms with van der Waals surface area (Å²) in [5.41, 5.74) is 0.143. The zero-order chi connectivity index (χ0) is 18.6. The molecule has 3 aliphatic rings. The molecule has 1 heterocycles. The monoisotopic (exact) mass is 419 g/mol. The summed E-state index contributed by atoms with van der Waals surface area (Å²) in [4.78, 5) is 35.8. The van der Waals surface area contributed by atoms with Crippen LogP contribution in [0, 0.1) is 33.8 Å². The van der Waals surface area contributed by atoms with Gasteiger partial charge in [-0.15, -0.1) is 0 Å². The van der Waals surface area contributed by atoms with E-state index in [2.05, 4.69) is 21.0 Å². The Kier molecular flexibility index (Phi) is 3.91. The fraction of sp³-hybridized carbons (Fsp3) is 0.353. The smallest absolute Gasteiger partial charge is 0.312 e. The quantitative estimate of drug-likeness (QED) is 0.245. The molecular weight excluding hydrogens is 406 g/mol. The van der Waals surface area contributed by atoms with E-state index in [4.69, 9.17) is 4.74 Å². The van der Waals surface area contributed by atoms with Crippen LogP contribution in [-0.2, 0) is 9.59 Å². The average Bonchev–Trinajstić information content (AvgIpc) is 3.27. The van der Waals surface area contributed by atoms with Gasteiger partial charge >= 0.3 is 5.69 Å². The van der Waals surface area contributed by atoms with Gasteiger partial charge in [-0.05, 0) is 40.3 Å². The van der Waals surface area contributed by atoms with Crippen molar-refractivity contribution in [3.63, 3.8) is 0 Å². The largest absolute Gasteiger partial charge is 0.489 e. The Bertz CT molecular complexity index is 867. The van der Waals surface area contributed by atoms with Gasteiger partial charge < -0.3 is 4.74 Å². The Hall–Kier alpha value is -2.55. The number of hydrazone groups is 1. The number of ether oxygens (including phenoxy) is 1. The zero-order valence-electron chi connectivity index (χ0n) is 13.7. The molecule has 2 amide bonds. The number of carbonyl (C=O) groups excluding carboxylic acids is 2. The summed E-state index contributed by atoms with van der Waals surface area (Å²) < 4.78 is 5.41. The Morgan fingerprint density at radius 1 is 1.27 bits per heavy atom. The van der Waals surface area contributed by atoms with Crippen molar-refractivity contribution in [2.24, 2.45) is 28.8 Å². The summed E-state index contributed by atoms with van der Waals surface area (Å²) in [5.74, 6) is -0.933. The third kappa shape index (κ3) is 2.38. The van der Waals surface area contributed by atoms with Gasteiger partial charge in [0.2, 0.25) is 5.75 Å². The van der Waals surface area contributed by atoms with Gasteiger partial charge in [-0.3, -0.25) is 19.7 Å². The zero-order valence-corrected chi connectivity index (χ0v) is 15.3. The van der Waals surface area contributed by atoms with Crippen LogP contribution in [-0.4, -0.2) is 35.1 Å². The summed E-state index contributed by atoms with van der Waals surface area (Å²) in [5, 5.41) is 16.1. The molecular formula is C17H14BrN3O5. The molecule has 1 aromatic carbocycles. The molecule has 1 saturated carbocycles. The van der Waals surface area contributed by atoms with E-state index in [0.717, 1.165) is 11.4 Å². The first kappa shape index (κ1) is 16.9. The predicted molar refractivity (Wildman–Crippen MR) is 94.5 cm³/mol. The van der Waals surface area contributed by atoms with E-state index in [9.17, 15) is 19.7 Å². The topological polar surface area (TPSA) is 102 Å². The SMILES string of the molecule is COc1c(Br)cc(C=NN2C(=O)[C@@H]3[C@H](C2=O)[C@H]2C=C[C@H]3C2)cc1[N+](=O)[O-]. The van der Waals surface area contributed by atoms with Crippen LogP contribution in [0.1, 0.15) is 12.0 Å². The summed E-state index contributed by atoms with van der Waals surface area (Å²) >= 11 is 3.22. The number of nitrogens with zero attached hydrogens (tertiary/aromatic N) is 3. The van der Waals surface area contributed by atoms with Gasteiger partial charge in [0, 0.05) is 11.6 Å². The second-order valence-corrected chi connectivity index (χ2v) is 7.40. The van der Waals surface area contributed by atoms with E-state index >= 15 is 0 Å². The predicted octanol–water partition coefficient (Wildman–Crippen LogP) is 2.51. The number of halogens is 1. The molecule has 2 fully saturated rings. The molecule has 9 heteroatoms. The van der Waals surface area contributed by atoms with Crippen molar-refractivity contribution >= 4 is 39.6 Å². The highest BCUT2D eigenvalue weighted by molar-refractivity contribution is 9.10. The molecule has 1 saturated heterocycles. The number of nitro groups is 1. The molecule has 1 aromatic rings. The van der Waals surface area contributed by atoms with Crippen LogP contribution >= 0.6 is 15.9 Å². The van der Waals surface area contributed by atoms with Gasteiger partial charge in [0.25, 0.3) is 11.8 Å². The molecule has 2 bridgehead atoms. The molecule has 134 valence electrons. The number of hydrogen-bond acceptors (Lipinski definition) is 6. The van der Waals surface area contributed by atoms with Crippen LogP contribution in [0.5, 0.6) is 5.75 Å². The Labute approximate surface area is 156 Å². The summed E-state index contributed by atoms with van der Waals surface area (Å²) in [6, 6.07) is 2.86. The Morgan fingerprint density at radius 2 is 1.88 bits per heavy atom. The minimum absolute atomic E-state index is 0.0951. The number of carbonyl (C=O) groups is 2. The molecule has 2 aliphatic carbocycles. The minimum Gasteiger partial charge on any atom is -0.489 e. The summed E-state index contributed by atoms with van der Waals surface area (Å²) in [7, 11) is 1.34. The molecule has 0 aromatic heterocycles. The lowest BCUT2D eigenvalue weighted by atomic mass is 9.85. The van der Waals surface area contributed by atoms with Gasteiger partial charge in [0.05, 0.1) is 34.6 Å². The first-order chi connectivity index (χ1) is 12.4. The Balaban J connectivity index is 1.62. The molecule has 4 rings (SSSR count). The lowest BCUT2D eigenvalue weighted by Gasteiger charge is -2.13. The number of nitro benzene ring substituents is 1. The summed E-state index contributed by atoms with van der Waals surface area (Å²) in [6.07, 6.45) is 6.15. The van der Waals surface area contributed by atoms with E-state index < -0.39 is 4.92 Å². The molecule has 1 aliphatic heterocycles. The van der Waals surface area contributed by atoms with Gasteiger partial charge in [-0.1, -0.05) is 12.2 Å². The minimum atomic E-state index is -0.569. The highest BCUT2D eigenvalue weighted by atomic mass is 79.9. The molecule has 26 heavy (non-hydrogen) atoms. The van der Waals surface area contributed by atoms with Crippen molar-refractivity contribution in [3.8, 4) is 5.75 Å². The lowest BCUT2D eigenvalue weighted by Crippen LogP contribution is -2.28. The first-order valence-corrected chi connectivity index (χ1v) is 8.83. The van der Waals surface area contributed by atoms with E-state index in [-0.39, 0.29) is 46.9 Å². The molecule has 4 atom stereocenters. The Morgan fingerprint density at radius 3 is 2.42 bits per heavy atom. The maximum Gasteiger partial charge on any atom is 0.312 e. The second kappa shape index (κ2) is 6.01. The van der Waals surface area contributed by atoms with Crippen molar-refractivity contribution in [3.05, 3.63) is 44.4 Å². The second-order valence-electron chi connectivity index (χ2n) is 6.54. The fourth-order valence-corrected chi connectivity index (χ4v) is 4.77. The third-order valence-corrected chi connectivity index (χ3v) is 5.81. The number of rotatable bonds is 4.